The second-order valence-electron chi connectivity index (χ2n) is 12.1. The summed E-state index contributed by atoms with van der Waals surface area (Å²) in [5, 5.41) is 6.74. The number of hydrogen-bond donors (Lipinski definition) is 3. The van der Waals surface area contributed by atoms with Crippen molar-refractivity contribution in [1.82, 2.24) is 18.1 Å². The number of aryl methyl sites for hydroxylation is 1. The predicted octanol–water partition coefficient (Wildman–Crippen LogP) is 13.0. The maximum atomic E-state index is 10.5. The minimum Gasteiger partial charge on any atom is -0.453 e. The van der Waals surface area contributed by atoms with E-state index >= 15 is 0 Å². The molecule has 63 heavy (non-hydrogen) atoms. The van der Waals surface area contributed by atoms with Gasteiger partial charge in [0.15, 0.2) is 0 Å². The van der Waals surface area contributed by atoms with E-state index in [1.165, 1.54) is 2.43 Å². The molecule has 6 N–H and O–H groups in total. The molecule has 8 rings (SSSR count). The van der Waals surface area contributed by atoms with Gasteiger partial charge in [0.25, 0.3) is 0 Å². The number of nitrogen functional groups attached to an aromatic ring is 3. The molecule has 2 radical (unpaired) electrons. The SMILES string of the molecule is CB1OB(C)OB(C)O1.Cc1c(N)ncc2ccc(Br)cc12.ICI.Nc1cc2cc(Br)ccc2cn1.Nc1ncc2ccc(Br)cc2c1I.O=C1CCC(=O)N1I.[CH2-]I.[CH3-].[V].[V]. The molecule has 3 aromatic carbocycles. The molecule has 0 aliphatic carbocycles. The zero-order valence-electron chi connectivity index (χ0n) is 34.5. The van der Waals surface area contributed by atoms with Crippen LogP contribution in [0.2, 0.25) is 20.5 Å². The zero-order chi connectivity index (χ0) is 45.1. The number of nitrogens with zero attached hydrogens (tertiary/aromatic N) is 4. The Morgan fingerprint density at radius 2 is 1.05 bits per heavy atom. The number of hydrogen-bond acceptors (Lipinski definition) is 11. The maximum absolute atomic E-state index is 10.5. The number of nitrogens with two attached hydrogens (primary N) is 3. The van der Waals surface area contributed by atoms with Gasteiger partial charge in [0.2, 0.25) is 11.8 Å². The average Bonchev–Trinajstić information content (AvgIpc) is 3.50. The van der Waals surface area contributed by atoms with E-state index < -0.39 is 0 Å². The number of alkyl halides is 2. The number of imide groups is 1. The number of carbonyl (C=O) groups is 2. The first kappa shape index (κ1) is 65.8. The number of rotatable bonds is 0. The van der Waals surface area contributed by atoms with Crippen LogP contribution in [0.4, 0.5) is 17.5 Å². The standard InChI is InChI=1S/C10H9BrN2.C9H6BrIN2.C9H7BrN2.C4H4INO2.C3H9B3O3.CH2I2.CH2I.CH3.2V/c1-6-9-4-8(11)3-2-7(9)5-13-10(6)12;10-6-2-1-5-4-13-9(12)8(11)7(5)3-6;10-8-2-1-6-5-12-9(11)4-7(6)3-8;5-6-3(7)1-2-4(6)8;1-4-7-5(2)9-6(3)8-4;2-1-3;1-2;;;/h2-5H,1H3,(H2,12,13);1-4H,(H2,12,13);1-5H,(H2,11,12);1-2H2;1-3H3;1H2;1H2;1H3;;/q;;;;;;2*-1;;. The molecule has 2 aliphatic rings. The fourth-order valence-corrected chi connectivity index (χ4v) is 7.28. The van der Waals surface area contributed by atoms with E-state index in [1.807, 2.05) is 98.5 Å². The Morgan fingerprint density at radius 1 is 0.667 bits per heavy atom. The van der Waals surface area contributed by atoms with Crippen LogP contribution in [0, 0.1) is 22.9 Å². The van der Waals surface area contributed by atoms with E-state index in [4.69, 9.17) is 30.9 Å². The fraction of sp³-hybridized carbons (Fsp3) is 0.184. The molecule has 0 unspecified atom stereocenters. The van der Waals surface area contributed by atoms with Gasteiger partial charge in [0, 0.05) is 104 Å². The topological polar surface area (TPSA) is 182 Å². The molecule has 0 saturated carbocycles. The summed E-state index contributed by atoms with van der Waals surface area (Å²) in [5.41, 5.74) is 18.0. The van der Waals surface area contributed by atoms with Crippen molar-refractivity contribution in [2.75, 3.05) is 19.6 Å². The molecule has 12 nitrogen and oxygen atoms in total. The van der Waals surface area contributed by atoms with Crippen molar-refractivity contribution in [3.05, 3.63) is 114 Å². The number of benzene rings is 3. The van der Waals surface area contributed by atoms with E-state index in [0.29, 0.717) is 30.3 Å². The van der Waals surface area contributed by atoms with Crippen molar-refractivity contribution in [2.24, 2.45) is 0 Å². The van der Waals surface area contributed by atoms with Gasteiger partial charge in [-0.2, -0.15) is 0 Å². The Labute approximate surface area is 489 Å². The molecule has 0 atom stereocenters. The second-order valence-corrected chi connectivity index (χ2v) is 21.3. The summed E-state index contributed by atoms with van der Waals surface area (Å²) in [7, 11) is -0.406. The molecule has 25 heteroatoms. The monoisotopic (exact) mass is 1680 g/mol. The number of aromatic nitrogens is 3. The normalized spacial score (nSPS) is 12.3. The van der Waals surface area contributed by atoms with Gasteiger partial charge < -0.3 is 60.9 Å². The van der Waals surface area contributed by atoms with Crippen molar-refractivity contribution in [1.29, 1.82) is 0 Å². The van der Waals surface area contributed by atoms with Crippen molar-refractivity contribution in [3.63, 3.8) is 0 Å². The van der Waals surface area contributed by atoms with Crippen LogP contribution in [0.5, 0.6) is 0 Å². The number of anilines is 3. The van der Waals surface area contributed by atoms with Gasteiger partial charge in [-0.25, -0.2) is 18.1 Å². The third kappa shape index (κ3) is 23.3. The summed E-state index contributed by atoms with van der Waals surface area (Å²) in [6, 6.07) is 20.0. The third-order valence-corrected chi connectivity index (χ3v) is 11.5. The van der Waals surface area contributed by atoms with E-state index in [9.17, 15) is 9.59 Å². The van der Waals surface area contributed by atoms with Crippen LogP contribution >= 0.6 is 161 Å². The Kier molecular flexibility index (Phi) is 36.5. The molecule has 2 saturated heterocycles. The molecular formula is C38H42B3Br3I5N7O5V2-2. The summed E-state index contributed by atoms with van der Waals surface area (Å²) in [4.78, 5) is 36.4. The first-order chi connectivity index (χ1) is 28.4. The summed E-state index contributed by atoms with van der Waals surface area (Å²) < 4.78 is 21.9. The number of fused-ring (bicyclic) bond motifs is 3. The summed E-state index contributed by atoms with van der Waals surface area (Å²) >= 11 is 20.6. The van der Waals surface area contributed by atoms with E-state index in [-0.39, 0.29) is 77.7 Å². The van der Waals surface area contributed by atoms with E-state index in [2.05, 4.69) is 148 Å². The van der Waals surface area contributed by atoms with E-state index in [1.54, 1.807) is 41.5 Å². The summed E-state index contributed by atoms with van der Waals surface area (Å²) in [6.45, 7) is 7.55. The summed E-state index contributed by atoms with van der Waals surface area (Å²) in [5.74, 6) is 1.60. The first-order valence-corrected chi connectivity index (χ1v) is 26.4. The molecule has 3 aromatic heterocycles. The largest absolute Gasteiger partial charge is 0.453 e. The van der Waals surface area contributed by atoms with Crippen LogP contribution in [-0.4, -0.2) is 53.7 Å². The van der Waals surface area contributed by atoms with Crippen LogP contribution in [-0.2, 0) is 60.4 Å². The van der Waals surface area contributed by atoms with Gasteiger partial charge in [-0.05, 0) is 109 Å². The van der Waals surface area contributed by atoms with Crippen molar-refractivity contribution in [2.45, 2.75) is 40.2 Å². The molecular weight excluding hydrogens is 1640 g/mol. The Balaban J connectivity index is 0. The van der Waals surface area contributed by atoms with Crippen LogP contribution in [0.15, 0.2) is 92.7 Å². The molecule has 0 spiro atoms. The van der Waals surface area contributed by atoms with E-state index in [0.717, 1.165) is 58.0 Å². The van der Waals surface area contributed by atoms with Gasteiger partial charge in [0.05, 0.1) is 28.9 Å². The Morgan fingerprint density at radius 3 is 1.49 bits per heavy atom. The smallest absolute Gasteiger partial charge is 0.426 e. The van der Waals surface area contributed by atoms with Crippen molar-refractivity contribution in [3.8, 4) is 0 Å². The van der Waals surface area contributed by atoms with Crippen molar-refractivity contribution >= 4 is 244 Å². The molecule has 2 amide bonds. The van der Waals surface area contributed by atoms with Gasteiger partial charge >= 0.3 is 21.4 Å². The number of amides is 2. The number of carbonyl (C=O) groups excluding carboxylic acids is 2. The molecule has 2 aliphatic heterocycles. The minimum atomic E-state index is -0.135. The average molecular weight is 1690 g/mol. The predicted molar refractivity (Wildman–Crippen MR) is 311 cm³/mol. The summed E-state index contributed by atoms with van der Waals surface area (Å²) in [6.07, 6.45) is 6.14. The van der Waals surface area contributed by atoms with Gasteiger partial charge in [0.1, 0.15) is 17.5 Å². The van der Waals surface area contributed by atoms with Gasteiger partial charge in [-0.3, -0.25) is 14.5 Å². The number of halogens is 8. The molecule has 6 aromatic rings. The van der Waals surface area contributed by atoms with Gasteiger partial charge in [-0.1, -0.05) is 111 Å². The molecule has 5 heterocycles. The Hall–Kier alpha value is 0.764. The maximum Gasteiger partial charge on any atom is 0.426 e. The fourth-order valence-electron chi connectivity index (χ4n) is 5.09. The van der Waals surface area contributed by atoms with Gasteiger partial charge in [-0.15, -0.1) is 0 Å². The zero-order valence-corrected chi connectivity index (χ0v) is 52.9. The van der Waals surface area contributed by atoms with Crippen LogP contribution in [0.1, 0.15) is 18.4 Å². The minimum absolute atomic E-state index is 0. The quantitative estimate of drug-likeness (QED) is 0.0329. The third-order valence-electron chi connectivity index (χ3n) is 7.81. The van der Waals surface area contributed by atoms with Crippen molar-refractivity contribution < 1.29 is 60.4 Å². The first-order valence-electron chi connectivity index (χ1n) is 17.4. The molecule has 336 valence electrons. The second kappa shape index (κ2) is 35.0. The Bertz CT molecular complexity index is 2190. The molecule has 2 fully saturated rings. The molecule has 0 bridgehead atoms. The van der Waals surface area contributed by atoms with Crippen LogP contribution < -0.4 is 17.2 Å². The van der Waals surface area contributed by atoms with Crippen LogP contribution in [0.3, 0.4) is 0 Å². The number of pyridine rings is 3. The van der Waals surface area contributed by atoms with Crippen LogP contribution in [0.25, 0.3) is 32.3 Å².